The second-order valence-electron chi connectivity index (χ2n) is 7.26. The summed E-state index contributed by atoms with van der Waals surface area (Å²) in [5, 5.41) is 44.0. The summed E-state index contributed by atoms with van der Waals surface area (Å²) in [4.78, 5) is 0. The zero-order chi connectivity index (χ0) is 24.3. The van der Waals surface area contributed by atoms with Gasteiger partial charge in [0.25, 0.3) is 0 Å². The fraction of sp³-hybridized carbons (Fsp3) is 0.571. The van der Waals surface area contributed by atoms with Crippen LogP contribution in [-0.4, -0.2) is 43.1 Å². The third-order valence-electron chi connectivity index (χ3n) is 4.67. The van der Waals surface area contributed by atoms with Crippen molar-refractivity contribution in [2.24, 2.45) is 0 Å². The van der Waals surface area contributed by atoms with Gasteiger partial charge in [-0.15, -0.1) is 0 Å². The SMILES string of the molecule is N#CCCP(=O)(/C=C/CP(=O)(C/C=C/P(=O)(CCC#N)CCC#N)CCC#N)CCC#N. The lowest BCUT2D eigenvalue weighted by Gasteiger charge is -2.16. The van der Waals surface area contributed by atoms with Gasteiger partial charge in [0.15, 0.2) is 0 Å². The highest BCUT2D eigenvalue weighted by molar-refractivity contribution is 7.68. The van der Waals surface area contributed by atoms with Crippen LogP contribution in [0.15, 0.2) is 23.8 Å². The Morgan fingerprint density at radius 1 is 0.500 bits per heavy atom. The predicted octanol–water partition coefficient (Wildman–Crippen LogP) is 5.67. The van der Waals surface area contributed by atoms with Crippen LogP contribution >= 0.6 is 21.4 Å². The Bertz CT molecular complexity index is 902. The van der Waals surface area contributed by atoms with Crippen molar-refractivity contribution in [3.8, 4) is 30.3 Å². The van der Waals surface area contributed by atoms with Gasteiger partial charge in [-0.1, -0.05) is 12.2 Å². The second-order valence-corrected chi connectivity index (χ2v) is 16.7. The quantitative estimate of drug-likeness (QED) is 0.248. The highest BCUT2D eigenvalue weighted by Gasteiger charge is 2.23. The van der Waals surface area contributed by atoms with E-state index in [0.717, 1.165) is 0 Å². The van der Waals surface area contributed by atoms with Crippen molar-refractivity contribution in [2.75, 3.05) is 43.1 Å². The van der Waals surface area contributed by atoms with Crippen LogP contribution in [0, 0.1) is 56.7 Å². The van der Waals surface area contributed by atoms with E-state index < -0.39 is 21.4 Å². The molecule has 32 heavy (non-hydrogen) atoms. The summed E-state index contributed by atoms with van der Waals surface area (Å²) in [7, 11) is -8.66. The van der Waals surface area contributed by atoms with E-state index in [0.29, 0.717) is 0 Å². The summed E-state index contributed by atoms with van der Waals surface area (Å²) >= 11 is 0. The first-order valence-corrected chi connectivity index (χ1v) is 16.7. The van der Waals surface area contributed by atoms with E-state index in [9.17, 15) is 13.7 Å². The van der Waals surface area contributed by atoms with Gasteiger partial charge in [0.2, 0.25) is 0 Å². The average molecular weight is 491 g/mol. The molecule has 0 aromatic heterocycles. The summed E-state index contributed by atoms with van der Waals surface area (Å²) in [5.41, 5.74) is 0. The molecule has 0 saturated carbocycles. The minimum atomic E-state index is -2.91. The first kappa shape index (κ1) is 29.6. The van der Waals surface area contributed by atoms with Gasteiger partial charge in [-0.25, -0.2) is 0 Å². The topological polar surface area (TPSA) is 170 Å². The number of hydrogen-bond acceptors (Lipinski definition) is 8. The Morgan fingerprint density at radius 2 is 0.781 bits per heavy atom. The minimum absolute atomic E-state index is 0.0833. The Morgan fingerprint density at radius 3 is 1.06 bits per heavy atom. The molecule has 0 aromatic carbocycles. The van der Waals surface area contributed by atoms with Gasteiger partial charge in [0, 0.05) is 75.2 Å². The highest BCUT2D eigenvalue weighted by atomic mass is 31.2. The van der Waals surface area contributed by atoms with E-state index >= 15 is 0 Å². The molecule has 0 aliphatic carbocycles. The minimum Gasteiger partial charge on any atom is -0.323 e. The van der Waals surface area contributed by atoms with Crippen LogP contribution in [0.5, 0.6) is 0 Å². The van der Waals surface area contributed by atoms with Crippen molar-refractivity contribution in [1.29, 1.82) is 26.3 Å². The van der Waals surface area contributed by atoms with Gasteiger partial charge in [-0.05, 0) is 11.6 Å². The molecule has 0 N–H and O–H groups in total. The largest absolute Gasteiger partial charge is 0.323 e. The van der Waals surface area contributed by atoms with E-state index in [1.165, 1.54) is 11.6 Å². The molecule has 0 saturated heterocycles. The standard InChI is InChI=1S/C21H28N5O3P3/c22-8-1-13-30(27,14-2-9-23)18-6-20-32(29,17-5-12-26)21-7-19-31(28,15-3-10-24)16-4-11-25/h6-7,18-19H,1-5,13-17,20-21H2/b18-6+,19-7+. The second kappa shape index (κ2) is 16.3. The molecule has 0 bridgehead atoms. The fourth-order valence-corrected chi connectivity index (χ4v) is 9.12. The van der Waals surface area contributed by atoms with Gasteiger partial charge in [0.05, 0.1) is 37.5 Å². The van der Waals surface area contributed by atoms with Crippen LogP contribution in [0.25, 0.3) is 0 Å². The van der Waals surface area contributed by atoms with Crippen LogP contribution in [0.3, 0.4) is 0 Å². The third kappa shape index (κ3) is 13.1. The van der Waals surface area contributed by atoms with Crippen molar-refractivity contribution >= 4 is 21.4 Å². The normalized spacial score (nSPS) is 12.0. The summed E-state index contributed by atoms with van der Waals surface area (Å²) in [6.07, 6.45) is 4.59. The van der Waals surface area contributed by atoms with Gasteiger partial charge >= 0.3 is 0 Å². The summed E-state index contributed by atoms with van der Waals surface area (Å²) in [6.45, 7) is 0. The van der Waals surface area contributed by atoms with E-state index in [2.05, 4.69) is 0 Å². The predicted molar refractivity (Wildman–Crippen MR) is 126 cm³/mol. The van der Waals surface area contributed by atoms with Crippen LogP contribution in [-0.2, 0) is 13.7 Å². The van der Waals surface area contributed by atoms with E-state index in [-0.39, 0.29) is 75.2 Å². The molecule has 11 heteroatoms. The molecule has 0 amide bonds. The van der Waals surface area contributed by atoms with Crippen LogP contribution < -0.4 is 0 Å². The Hall–Kier alpha value is -2.38. The lowest BCUT2D eigenvalue weighted by molar-refractivity contribution is 0.578. The van der Waals surface area contributed by atoms with Crippen molar-refractivity contribution in [3.05, 3.63) is 23.8 Å². The third-order valence-corrected chi connectivity index (χ3v) is 12.9. The number of nitriles is 5. The van der Waals surface area contributed by atoms with Crippen LogP contribution in [0.2, 0.25) is 0 Å². The number of allylic oxidation sites excluding steroid dienone is 2. The van der Waals surface area contributed by atoms with E-state index in [4.69, 9.17) is 26.3 Å². The lowest BCUT2D eigenvalue weighted by Crippen LogP contribution is -1.99. The summed E-state index contributed by atoms with van der Waals surface area (Å²) in [6, 6.07) is 9.77. The molecule has 0 radical (unpaired) electrons. The van der Waals surface area contributed by atoms with Crippen molar-refractivity contribution in [3.63, 3.8) is 0 Å². The summed E-state index contributed by atoms with van der Waals surface area (Å²) < 4.78 is 39.2. The average Bonchev–Trinajstić information content (AvgIpc) is 2.78. The zero-order valence-corrected chi connectivity index (χ0v) is 20.8. The van der Waals surface area contributed by atoms with Crippen molar-refractivity contribution < 1.29 is 13.7 Å². The molecule has 0 aliphatic heterocycles. The van der Waals surface area contributed by atoms with Gasteiger partial charge < -0.3 is 13.7 Å². The maximum Gasteiger partial charge on any atom is 0.110 e. The van der Waals surface area contributed by atoms with Crippen LogP contribution in [0.1, 0.15) is 32.1 Å². The Labute approximate surface area is 190 Å². The molecule has 170 valence electrons. The maximum atomic E-state index is 13.4. The van der Waals surface area contributed by atoms with Crippen LogP contribution in [0.4, 0.5) is 0 Å². The molecule has 0 atom stereocenters. The van der Waals surface area contributed by atoms with Gasteiger partial charge in [0.1, 0.15) is 14.3 Å². The molecular weight excluding hydrogens is 463 g/mol. The Balaban J connectivity index is 5.47. The molecule has 0 fully saturated rings. The molecule has 0 unspecified atom stereocenters. The number of hydrogen-bond donors (Lipinski definition) is 0. The van der Waals surface area contributed by atoms with Gasteiger partial charge in [-0.2, -0.15) is 26.3 Å². The van der Waals surface area contributed by atoms with E-state index in [1.807, 2.05) is 30.3 Å². The first-order valence-electron chi connectivity index (χ1n) is 10.1. The monoisotopic (exact) mass is 491 g/mol. The molecule has 0 rings (SSSR count). The fourth-order valence-electron chi connectivity index (χ4n) is 2.85. The summed E-state index contributed by atoms with van der Waals surface area (Å²) in [5.74, 6) is 2.96. The Kier molecular flexibility index (Phi) is 15.1. The molecule has 0 heterocycles. The van der Waals surface area contributed by atoms with Crippen molar-refractivity contribution in [1.82, 2.24) is 0 Å². The van der Waals surface area contributed by atoms with Gasteiger partial charge in [-0.3, -0.25) is 0 Å². The molecule has 0 aromatic rings. The molecule has 0 aliphatic rings. The highest BCUT2D eigenvalue weighted by Crippen LogP contribution is 2.52. The van der Waals surface area contributed by atoms with Crippen molar-refractivity contribution in [2.45, 2.75) is 32.1 Å². The smallest absolute Gasteiger partial charge is 0.110 e. The first-order chi connectivity index (χ1) is 15.2. The lowest BCUT2D eigenvalue weighted by atomic mass is 10.5. The maximum absolute atomic E-state index is 13.4. The zero-order valence-electron chi connectivity index (χ0n) is 18.1. The number of rotatable bonds is 16. The molecule has 8 nitrogen and oxygen atoms in total. The molecule has 0 spiro atoms. The number of nitrogens with zero attached hydrogens (tertiary/aromatic N) is 5. The van der Waals surface area contributed by atoms with E-state index in [1.54, 1.807) is 12.2 Å². The molecular formula is C21H28N5O3P3.